The largest absolute Gasteiger partial charge is 0.464 e. The SMILES string of the molecule is Clc1ccc(OC2CCCCO2)c(-c2ccncc2)c1. The second kappa shape index (κ2) is 6.25. The molecular formula is C16H16ClNO2. The number of rotatable bonds is 3. The lowest BCUT2D eigenvalue weighted by atomic mass is 10.1. The number of hydrogen-bond donors (Lipinski definition) is 0. The highest BCUT2D eigenvalue weighted by Gasteiger charge is 2.17. The van der Waals surface area contributed by atoms with Gasteiger partial charge in [0, 0.05) is 29.4 Å². The molecule has 0 aliphatic carbocycles. The molecule has 3 rings (SSSR count). The Morgan fingerprint density at radius 3 is 2.75 bits per heavy atom. The van der Waals surface area contributed by atoms with Gasteiger partial charge in [-0.25, -0.2) is 0 Å². The van der Waals surface area contributed by atoms with Gasteiger partial charge in [0.25, 0.3) is 0 Å². The summed E-state index contributed by atoms with van der Waals surface area (Å²) in [5.41, 5.74) is 2.00. The maximum absolute atomic E-state index is 6.11. The molecular weight excluding hydrogens is 274 g/mol. The van der Waals surface area contributed by atoms with Gasteiger partial charge in [-0.1, -0.05) is 11.6 Å². The molecule has 0 amide bonds. The Morgan fingerprint density at radius 1 is 1.15 bits per heavy atom. The highest BCUT2D eigenvalue weighted by atomic mass is 35.5. The average Bonchev–Trinajstić information content (AvgIpc) is 2.51. The zero-order chi connectivity index (χ0) is 13.8. The van der Waals surface area contributed by atoms with E-state index in [1.807, 2.05) is 30.3 Å². The summed E-state index contributed by atoms with van der Waals surface area (Å²) in [6.07, 6.45) is 6.54. The molecule has 1 aromatic heterocycles. The number of benzene rings is 1. The minimum absolute atomic E-state index is 0.162. The minimum Gasteiger partial charge on any atom is -0.464 e. The first kappa shape index (κ1) is 13.4. The molecule has 0 N–H and O–H groups in total. The molecule has 1 unspecified atom stereocenters. The van der Waals surface area contributed by atoms with Gasteiger partial charge in [0.05, 0.1) is 6.61 Å². The van der Waals surface area contributed by atoms with Gasteiger partial charge in [-0.2, -0.15) is 0 Å². The van der Waals surface area contributed by atoms with E-state index in [9.17, 15) is 0 Å². The van der Waals surface area contributed by atoms with Gasteiger partial charge in [0.2, 0.25) is 0 Å². The van der Waals surface area contributed by atoms with Crippen LogP contribution in [0.4, 0.5) is 0 Å². The van der Waals surface area contributed by atoms with Crippen molar-refractivity contribution in [1.82, 2.24) is 4.98 Å². The fourth-order valence-corrected chi connectivity index (χ4v) is 2.48. The molecule has 0 radical (unpaired) electrons. The molecule has 1 aromatic carbocycles. The smallest absolute Gasteiger partial charge is 0.199 e. The van der Waals surface area contributed by atoms with Crippen LogP contribution in [0.15, 0.2) is 42.7 Å². The summed E-state index contributed by atoms with van der Waals surface area (Å²) in [6.45, 7) is 0.767. The molecule has 0 saturated carbocycles. The summed E-state index contributed by atoms with van der Waals surface area (Å²) in [7, 11) is 0. The van der Waals surface area contributed by atoms with Crippen LogP contribution in [0.3, 0.4) is 0 Å². The molecule has 0 spiro atoms. The maximum Gasteiger partial charge on any atom is 0.199 e. The molecule has 1 fully saturated rings. The Balaban J connectivity index is 1.90. The monoisotopic (exact) mass is 289 g/mol. The Hall–Kier alpha value is -1.58. The topological polar surface area (TPSA) is 31.4 Å². The third kappa shape index (κ3) is 3.11. The fraction of sp³-hybridized carbons (Fsp3) is 0.312. The van der Waals surface area contributed by atoms with E-state index in [0.29, 0.717) is 5.02 Å². The number of ether oxygens (including phenoxy) is 2. The van der Waals surface area contributed by atoms with Gasteiger partial charge in [-0.15, -0.1) is 0 Å². The number of halogens is 1. The van der Waals surface area contributed by atoms with Crippen LogP contribution < -0.4 is 4.74 Å². The van der Waals surface area contributed by atoms with Crippen molar-refractivity contribution < 1.29 is 9.47 Å². The van der Waals surface area contributed by atoms with Crippen molar-refractivity contribution in [1.29, 1.82) is 0 Å². The summed E-state index contributed by atoms with van der Waals surface area (Å²) in [4.78, 5) is 4.04. The van der Waals surface area contributed by atoms with E-state index >= 15 is 0 Å². The van der Waals surface area contributed by atoms with Crippen LogP contribution in [0, 0.1) is 0 Å². The molecule has 1 atom stereocenters. The van der Waals surface area contributed by atoms with Crippen LogP contribution in [-0.2, 0) is 4.74 Å². The van der Waals surface area contributed by atoms with Gasteiger partial charge in [0.15, 0.2) is 6.29 Å². The van der Waals surface area contributed by atoms with Crippen LogP contribution in [0.5, 0.6) is 5.75 Å². The van der Waals surface area contributed by atoms with Gasteiger partial charge >= 0.3 is 0 Å². The Morgan fingerprint density at radius 2 is 2.00 bits per heavy atom. The van der Waals surface area contributed by atoms with Gasteiger partial charge in [0.1, 0.15) is 5.75 Å². The summed E-state index contributed by atoms with van der Waals surface area (Å²) < 4.78 is 11.6. The molecule has 2 heterocycles. The lowest BCUT2D eigenvalue weighted by Crippen LogP contribution is -2.25. The highest BCUT2D eigenvalue weighted by Crippen LogP contribution is 2.33. The maximum atomic E-state index is 6.11. The first-order valence-corrected chi connectivity index (χ1v) is 7.19. The van der Waals surface area contributed by atoms with Crippen molar-refractivity contribution in [3.8, 4) is 16.9 Å². The first-order valence-electron chi connectivity index (χ1n) is 6.81. The minimum atomic E-state index is -0.162. The van der Waals surface area contributed by atoms with E-state index in [4.69, 9.17) is 21.1 Å². The molecule has 3 nitrogen and oxygen atoms in total. The molecule has 1 aliphatic heterocycles. The van der Waals surface area contributed by atoms with E-state index < -0.39 is 0 Å². The number of pyridine rings is 1. The summed E-state index contributed by atoms with van der Waals surface area (Å²) in [6, 6.07) is 9.54. The lowest BCUT2D eigenvalue weighted by molar-refractivity contribution is -0.105. The fourth-order valence-electron chi connectivity index (χ4n) is 2.31. The first-order chi connectivity index (χ1) is 9.83. The zero-order valence-electron chi connectivity index (χ0n) is 11.1. The van der Waals surface area contributed by atoms with Gasteiger partial charge in [-0.3, -0.25) is 4.98 Å². The Bertz CT molecular complexity index is 568. The average molecular weight is 290 g/mol. The summed E-state index contributed by atoms with van der Waals surface area (Å²) in [5.74, 6) is 0.799. The van der Waals surface area contributed by atoms with Crippen molar-refractivity contribution in [2.75, 3.05) is 6.61 Å². The van der Waals surface area contributed by atoms with Crippen molar-refractivity contribution in [3.63, 3.8) is 0 Å². The standard InChI is InChI=1S/C16H16ClNO2/c17-13-4-5-15(20-16-3-1-2-10-19-16)14(11-13)12-6-8-18-9-7-12/h4-9,11,16H,1-3,10H2. The van der Waals surface area contributed by atoms with Crippen molar-refractivity contribution in [2.45, 2.75) is 25.6 Å². The summed E-state index contributed by atoms with van der Waals surface area (Å²) in [5, 5.41) is 0.689. The van der Waals surface area contributed by atoms with Crippen LogP contribution >= 0.6 is 11.6 Å². The Kier molecular flexibility index (Phi) is 4.19. The molecule has 1 aliphatic rings. The molecule has 104 valence electrons. The number of hydrogen-bond acceptors (Lipinski definition) is 3. The van der Waals surface area contributed by atoms with Gasteiger partial charge in [-0.05, 0) is 48.7 Å². The zero-order valence-corrected chi connectivity index (χ0v) is 11.8. The van der Waals surface area contributed by atoms with Gasteiger partial charge < -0.3 is 9.47 Å². The summed E-state index contributed by atoms with van der Waals surface area (Å²) >= 11 is 6.11. The van der Waals surface area contributed by atoms with Crippen molar-refractivity contribution >= 4 is 11.6 Å². The van der Waals surface area contributed by atoms with Crippen molar-refractivity contribution in [3.05, 3.63) is 47.7 Å². The normalized spacial score (nSPS) is 18.8. The van der Waals surface area contributed by atoms with Crippen LogP contribution in [-0.4, -0.2) is 17.9 Å². The van der Waals surface area contributed by atoms with E-state index in [2.05, 4.69) is 4.98 Å². The highest BCUT2D eigenvalue weighted by molar-refractivity contribution is 6.31. The quantitative estimate of drug-likeness (QED) is 0.844. The molecule has 4 heteroatoms. The number of nitrogens with zero attached hydrogens (tertiary/aromatic N) is 1. The predicted molar refractivity (Wildman–Crippen MR) is 78.9 cm³/mol. The van der Waals surface area contributed by atoms with Crippen LogP contribution in [0.1, 0.15) is 19.3 Å². The molecule has 0 bridgehead atoms. The van der Waals surface area contributed by atoms with Crippen LogP contribution in [0.2, 0.25) is 5.02 Å². The second-order valence-corrected chi connectivity index (χ2v) is 5.23. The molecule has 1 saturated heterocycles. The third-order valence-corrected chi connectivity index (χ3v) is 3.56. The predicted octanol–water partition coefficient (Wildman–Crippen LogP) is 4.31. The van der Waals surface area contributed by atoms with Crippen LogP contribution in [0.25, 0.3) is 11.1 Å². The lowest BCUT2D eigenvalue weighted by Gasteiger charge is -2.24. The molecule has 2 aromatic rings. The second-order valence-electron chi connectivity index (χ2n) is 4.79. The Labute approximate surface area is 123 Å². The van der Waals surface area contributed by atoms with E-state index in [1.54, 1.807) is 12.4 Å². The van der Waals surface area contributed by atoms with E-state index in [0.717, 1.165) is 42.7 Å². The third-order valence-electron chi connectivity index (χ3n) is 3.33. The number of aromatic nitrogens is 1. The van der Waals surface area contributed by atoms with E-state index in [1.165, 1.54) is 0 Å². The van der Waals surface area contributed by atoms with Crippen molar-refractivity contribution in [2.24, 2.45) is 0 Å². The molecule has 20 heavy (non-hydrogen) atoms. The van der Waals surface area contributed by atoms with E-state index in [-0.39, 0.29) is 6.29 Å².